The molecule has 0 aromatic carbocycles. The third-order valence-corrected chi connectivity index (χ3v) is 6.34. The molecule has 2 heterocycles. The Labute approximate surface area is 104 Å². The van der Waals surface area contributed by atoms with E-state index in [4.69, 9.17) is 5.73 Å². The number of hydrogen-bond acceptors (Lipinski definition) is 3. The number of nitrogens with zero attached hydrogens (tertiary/aromatic N) is 1. The number of nitrogens with two attached hydrogens (primary N) is 1. The van der Waals surface area contributed by atoms with Crippen molar-refractivity contribution in [3.8, 4) is 0 Å². The summed E-state index contributed by atoms with van der Waals surface area (Å²) in [4.78, 5) is 2.74. The number of rotatable bonds is 2. The first-order valence-corrected chi connectivity index (χ1v) is 7.75. The van der Waals surface area contributed by atoms with Gasteiger partial charge in [-0.15, -0.1) is 0 Å². The average Bonchev–Trinajstić information content (AvgIpc) is 2.65. The Morgan fingerprint density at radius 2 is 2.12 bits per heavy atom. The maximum Gasteiger partial charge on any atom is 0.0458 e. The fraction of sp³-hybridized carbons (Fsp3) is 1.00. The van der Waals surface area contributed by atoms with E-state index in [1.54, 1.807) is 0 Å². The molecule has 0 spiro atoms. The lowest BCUT2D eigenvalue weighted by Crippen LogP contribution is -2.63. The van der Waals surface area contributed by atoms with E-state index in [1.807, 2.05) is 0 Å². The van der Waals surface area contributed by atoms with Crippen molar-refractivity contribution in [3.63, 3.8) is 0 Å². The van der Waals surface area contributed by atoms with Crippen LogP contribution >= 0.6 is 11.8 Å². The van der Waals surface area contributed by atoms with Gasteiger partial charge in [0.2, 0.25) is 0 Å². The third kappa shape index (κ3) is 1.91. The van der Waals surface area contributed by atoms with Crippen LogP contribution in [0.15, 0.2) is 0 Å². The molecule has 2 N–H and O–H groups in total. The van der Waals surface area contributed by atoms with Crippen LogP contribution in [0.3, 0.4) is 0 Å². The van der Waals surface area contributed by atoms with Gasteiger partial charge < -0.3 is 5.73 Å². The molecule has 0 bridgehead atoms. The summed E-state index contributed by atoms with van der Waals surface area (Å²) in [5, 5.41) is 0.699. The van der Waals surface area contributed by atoms with E-state index in [0.717, 1.165) is 12.5 Å². The number of hydrogen-bond donors (Lipinski definition) is 1. The van der Waals surface area contributed by atoms with Crippen molar-refractivity contribution in [3.05, 3.63) is 0 Å². The van der Waals surface area contributed by atoms with Crippen molar-refractivity contribution < 1.29 is 0 Å². The normalized spacial score (nSPS) is 46.1. The zero-order valence-electron chi connectivity index (χ0n) is 10.9. The van der Waals surface area contributed by atoms with Crippen molar-refractivity contribution in [2.75, 3.05) is 18.8 Å². The molecule has 3 heteroatoms. The maximum atomic E-state index is 6.14. The predicted octanol–water partition coefficient (Wildman–Crippen LogP) is 2.33. The van der Waals surface area contributed by atoms with Crippen molar-refractivity contribution in [1.82, 2.24) is 4.90 Å². The van der Waals surface area contributed by atoms with Crippen LogP contribution in [0.2, 0.25) is 0 Å². The lowest BCUT2D eigenvalue weighted by molar-refractivity contribution is 0.00702. The first kappa shape index (κ1) is 12.7. The molecule has 0 radical (unpaired) electrons. The molecular weight excluding hydrogens is 216 g/mol. The highest BCUT2D eigenvalue weighted by molar-refractivity contribution is 8.00. The zero-order chi connectivity index (χ0) is 11.8. The predicted molar refractivity (Wildman–Crippen MR) is 72.9 cm³/mol. The van der Waals surface area contributed by atoms with E-state index in [0.29, 0.717) is 16.8 Å². The van der Waals surface area contributed by atoms with Gasteiger partial charge in [-0.05, 0) is 44.4 Å². The minimum absolute atomic E-state index is 0.290. The summed E-state index contributed by atoms with van der Waals surface area (Å²) in [7, 11) is 0. The molecule has 2 nitrogen and oxygen atoms in total. The van der Waals surface area contributed by atoms with Gasteiger partial charge in [0, 0.05) is 23.4 Å². The first-order valence-electron chi connectivity index (χ1n) is 6.70. The van der Waals surface area contributed by atoms with Crippen LogP contribution in [-0.2, 0) is 0 Å². The summed E-state index contributed by atoms with van der Waals surface area (Å²) >= 11 is 2.10. The van der Waals surface area contributed by atoms with E-state index >= 15 is 0 Å². The van der Waals surface area contributed by atoms with Crippen molar-refractivity contribution in [1.29, 1.82) is 0 Å². The molecule has 2 fully saturated rings. The van der Waals surface area contributed by atoms with Gasteiger partial charge in [0.05, 0.1) is 0 Å². The summed E-state index contributed by atoms with van der Waals surface area (Å²) in [5.74, 6) is 2.12. The molecule has 4 unspecified atom stereocenters. The largest absolute Gasteiger partial charge is 0.329 e. The highest BCUT2D eigenvalue weighted by Crippen LogP contribution is 2.43. The molecule has 2 saturated heterocycles. The second kappa shape index (κ2) is 4.87. The van der Waals surface area contributed by atoms with Crippen LogP contribution in [0.5, 0.6) is 0 Å². The van der Waals surface area contributed by atoms with E-state index < -0.39 is 0 Å². The summed E-state index contributed by atoms with van der Waals surface area (Å²) < 4.78 is 0. The Balaban J connectivity index is 2.20. The SMILES string of the molecule is CC1CCCN(C2(CN)CCSC2C)C1C. The van der Waals surface area contributed by atoms with Gasteiger partial charge in [-0.3, -0.25) is 4.90 Å². The Hall–Kier alpha value is 0.270. The molecule has 0 saturated carbocycles. The summed E-state index contributed by atoms with van der Waals surface area (Å²) in [5.41, 5.74) is 6.43. The highest BCUT2D eigenvalue weighted by Gasteiger charge is 2.47. The molecule has 0 aliphatic carbocycles. The Morgan fingerprint density at radius 3 is 2.69 bits per heavy atom. The molecule has 0 amide bonds. The van der Waals surface area contributed by atoms with E-state index in [2.05, 4.69) is 37.4 Å². The van der Waals surface area contributed by atoms with Gasteiger partial charge in [-0.1, -0.05) is 13.8 Å². The van der Waals surface area contributed by atoms with Crippen molar-refractivity contribution >= 4 is 11.8 Å². The molecule has 94 valence electrons. The summed E-state index contributed by atoms with van der Waals surface area (Å²) in [6, 6.07) is 0.707. The monoisotopic (exact) mass is 242 g/mol. The van der Waals surface area contributed by atoms with Gasteiger partial charge >= 0.3 is 0 Å². The average molecular weight is 242 g/mol. The van der Waals surface area contributed by atoms with Gasteiger partial charge in [0.25, 0.3) is 0 Å². The van der Waals surface area contributed by atoms with E-state index in [9.17, 15) is 0 Å². The van der Waals surface area contributed by atoms with Crippen LogP contribution < -0.4 is 5.73 Å². The molecule has 2 aliphatic heterocycles. The fourth-order valence-corrected chi connectivity index (χ4v) is 4.98. The smallest absolute Gasteiger partial charge is 0.0458 e. The number of likely N-dealkylation sites (tertiary alicyclic amines) is 1. The fourth-order valence-electron chi connectivity index (χ4n) is 3.50. The Bertz CT molecular complexity index is 246. The lowest BCUT2D eigenvalue weighted by Gasteiger charge is -2.50. The number of thioether (sulfide) groups is 1. The Kier molecular flexibility index (Phi) is 3.87. The third-order valence-electron chi connectivity index (χ3n) is 4.96. The van der Waals surface area contributed by atoms with Gasteiger partial charge in [-0.25, -0.2) is 0 Å². The summed E-state index contributed by atoms with van der Waals surface area (Å²) in [6.07, 6.45) is 4.02. The molecule has 0 aromatic rings. The van der Waals surface area contributed by atoms with E-state index in [-0.39, 0.29) is 0 Å². The van der Waals surface area contributed by atoms with Crippen LogP contribution in [0.4, 0.5) is 0 Å². The second-order valence-electron chi connectivity index (χ2n) is 5.62. The quantitative estimate of drug-likeness (QED) is 0.806. The van der Waals surface area contributed by atoms with Crippen molar-refractivity contribution in [2.24, 2.45) is 11.7 Å². The second-order valence-corrected chi connectivity index (χ2v) is 7.07. The molecular formula is C13H26N2S. The highest BCUT2D eigenvalue weighted by atomic mass is 32.2. The number of piperidine rings is 1. The van der Waals surface area contributed by atoms with E-state index in [1.165, 1.54) is 31.6 Å². The van der Waals surface area contributed by atoms with Crippen LogP contribution in [-0.4, -0.2) is 40.6 Å². The van der Waals surface area contributed by atoms with Gasteiger partial charge in [-0.2, -0.15) is 11.8 Å². The van der Waals surface area contributed by atoms with Crippen LogP contribution in [0, 0.1) is 5.92 Å². The Morgan fingerprint density at radius 1 is 1.38 bits per heavy atom. The summed E-state index contributed by atoms with van der Waals surface area (Å²) in [6.45, 7) is 9.26. The molecule has 0 aromatic heterocycles. The van der Waals surface area contributed by atoms with Gasteiger partial charge in [0.1, 0.15) is 0 Å². The molecule has 2 rings (SSSR count). The van der Waals surface area contributed by atoms with Gasteiger partial charge in [0.15, 0.2) is 0 Å². The minimum Gasteiger partial charge on any atom is -0.329 e. The van der Waals surface area contributed by atoms with Crippen LogP contribution in [0.1, 0.15) is 40.0 Å². The lowest BCUT2D eigenvalue weighted by atomic mass is 9.82. The molecule has 2 aliphatic rings. The minimum atomic E-state index is 0.290. The first-order chi connectivity index (χ1) is 7.62. The topological polar surface area (TPSA) is 29.3 Å². The van der Waals surface area contributed by atoms with Crippen molar-refractivity contribution in [2.45, 2.75) is 56.9 Å². The standard InChI is InChI=1S/C13H26N2S/c1-10-5-4-7-15(11(10)2)13(9-14)6-8-16-12(13)3/h10-12H,4-9,14H2,1-3H3. The van der Waals surface area contributed by atoms with Crippen LogP contribution in [0.25, 0.3) is 0 Å². The maximum absolute atomic E-state index is 6.14. The zero-order valence-corrected chi connectivity index (χ0v) is 11.7. The molecule has 16 heavy (non-hydrogen) atoms. The molecule has 4 atom stereocenters.